The predicted molar refractivity (Wildman–Crippen MR) is 114 cm³/mol. The Morgan fingerprint density at radius 2 is 1.81 bits per heavy atom. The zero-order valence-electron chi connectivity index (χ0n) is 16.5. The highest BCUT2D eigenvalue weighted by atomic mass is 16.6. The summed E-state index contributed by atoms with van der Waals surface area (Å²) < 4.78 is 11.4. The van der Waals surface area contributed by atoms with E-state index >= 15 is 0 Å². The van der Waals surface area contributed by atoms with Gasteiger partial charge in [0.2, 0.25) is 11.9 Å². The van der Waals surface area contributed by atoms with E-state index in [9.17, 15) is 19.7 Å². The van der Waals surface area contributed by atoms with E-state index in [0.717, 1.165) is 10.3 Å². The van der Waals surface area contributed by atoms with E-state index < -0.39 is 35.1 Å². The van der Waals surface area contributed by atoms with Gasteiger partial charge in [-0.25, -0.2) is 0 Å². The molecule has 0 saturated heterocycles. The molecule has 5 rings (SSSR count). The molecule has 0 aliphatic carbocycles. The molecule has 0 N–H and O–H groups in total. The van der Waals surface area contributed by atoms with Crippen LogP contribution in [0, 0.1) is 10.1 Å². The van der Waals surface area contributed by atoms with Gasteiger partial charge in [-0.2, -0.15) is 0 Å². The minimum Gasteiger partial charge on any atom is -0.469 e. The number of para-hydroxylation sites is 1. The molecule has 2 aromatic carbocycles. The Morgan fingerprint density at radius 3 is 2.56 bits per heavy atom. The number of Topliss-reactive ketones (excluding diaryl/α,β-unsaturated/α-hetero) is 1. The van der Waals surface area contributed by atoms with E-state index in [1.165, 1.54) is 12.1 Å². The first-order chi connectivity index (χ1) is 15.5. The van der Waals surface area contributed by atoms with Crippen molar-refractivity contribution in [1.29, 1.82) is 0 Å². The van der Waals surface area contributed by atoms with Crippen LogP contribution in [0.3, 0.4) is 0 Å². The Hall–Kier alpha value is -4.53. The normalized spacial score (nSPS) is 15.3. The summed E-state index contributed by atoms with van der Waals surface area (Å²) in [7, 11) is 0. The van der Waals surface area contributed by atoms with E-state index in [4.69, 9.17) is 9.15 Å². The molecule has 9 heteroatoms. The lowest BCUT2D eigenvalue weighted by Gasteiger charge is -2.30. The number of aromatic nitrogens is 1. The number of anilines is 1. The second-order valence-electron chi connectivity index (χ2n) is 7.15. The highest BCUT2D eigenvalue weighted by Crippen LogP contribution is 2.39. The van der Waals surface area contributed by atoms with Crippen LogP contribution in [0.15, 0.2) is 77.2 Å². The number of ether oxygens (including phenoxy) is 1. The van der Waals surface area contributed by atoms with Gasteiger partial charge in [0, 0.05) is 17.0 Å². The lowest BCUT2D eigenvalue weighted by atomic mass is 10.1. The number of fused-ring (bicyclic) bond motifs is 2. The summed E-state index contributed by atoms with van der Waals surface area (Å²) >= 11 is 0. The van der Waals surface area contributed by atoms with Gasteiger partial charge in [-0.15, -0.1) is 0 Å². The van der Waals surface area contributed by atoms with Crippen LogP contribution in [0.25, 0.3) is 11.0 Å². The van der Waals surface area contributed by atoms with Gasteiger partial charge >= 0.3 is 5.82 Å². The van der Waals surface area contributed by atoms with Gasteiger partial charge < -0.3 is 19.3 Å². The fourth-order valence-electron chi connectivity index (χ4n) is 3.57. The van der Waals surface area contributed by atoms with Gasteiger partial charge in [0.15, 0.2) is 11.5 Å². The molecule has 0 radical (unpaired) electrons. The summed E-state index contributed by atoms with van der Waals surface area (Å²) in [5.74, 6) is -1.32. The van der Waals surface area contributed by atoms with Crippen LogP contribution in [0.2, 0.25) is 0 Å². The average molecular weight is 429 g/mol. The van der Waals surface area contributed by atoms with Crippen LogP contribution < -0.4 is 9.64 Å². The standard InChI is InChI=1S/C23H15N3O6/c27-16(19-12-15-8-4-5-9-17(15)31-19)13-25-22-18(10-11-20(24-22)26(29)30)32-21(23(25)28)14-6-2-1-3-7-14/h1-12,21H,13H2. The van der Waals surface area contributed by atoms with E-state index in [1.807, 2.05) is 6.07 Å². The Balaban J connectivity index is 1.54. The number of hydrogen-bond donors (Lipinski definition) is 0. The largest absolute Gasteiger partial charge is 0.469 e. The lowest BCUT2D eigenvalue weighted by molar-refractivity contribution is -0.389. The van der Waals surface area contributed by atoms with Crippen LogP contribution in [-0.2, 0) is 4.79 Å². The molecule has 32 heavy (non-hydrogen) atoms. The Bertz CT molecular complexity index is 1330. The first-order valence-electron chi connectivity index (χ1n) is 9.71. The maximum absolute atomic E-state index is 13.3. The molecule has 3 heterocycles. The van der Waals surface area contributed by atoms with Gasteiger partial charge in [0.05, 0.1) is 6.54 Å². The zero-order chi connectivity index (χ0) is 22.2. The molecule has 1 aliphatic heterocycles. The van der Waals surface area contributed by atoms with E-state index in [0.29, 0.717) is 11.1 Å². The molecule has 0 fully saturated rings. The van der Waals surface area contributed by atoms with E-state index in [-0.39, 0.29) is 17.3 Å². The number of benzene rings is 2. The molecular weight excluding hydrogens is 414 g/mol. The number of nitro groups is 1. The SMILES string of the molecule is O=C(CN1C(=O)C(c2ccccc2)Oc2ccc([N+](=O)[O-])nc21)c1cc2ccccc2o1. The lowest BCUT2D eigenvalue weighted by Crippen LogP contribution is -2.44. The second kappa shape index (κ2) is 7.62. The van der Waals surface area contributed by atoms with Crippen molar-refractivity contribution in [3.8, 4) is 5.75 Å². The van der Waals surface area contributed by atoms with Crippen molar-refractivity contribution in [3.63, 3.8) is 0 Å². The van der Waals surface area contributed by atoms with Gasteiger partial charge in [0.1, 0.15) is 5.58 Å². The van der Waals surface area contributed by atoms with Crippen LogP contribution in [-0.4, -0.2) is 28.1 Å². The third-order valence-electron chi connectivity index (χ3n) is 5.11. The number of nitrogens with zero attached hydrogens (tertiary/aromatic N) is 3. The predicted octanol–water partition coefficient (Wildman–Crippen LogP) is 4.09. The molecule has 0 spiro atoms. The smallest absolute Gasteiger partial charge is 0.366 e. The molecule has 2 aromatic heterocycles. The topological polar surface area (TPSA) is 116 Å². The third-order valence-corrected chi connectivity index (χ3v) is 5.11. The van der Waals surface area contributed by atoms with Gasteiger partial charge in [0.25, 0.3) is 11.7 Å². The monoisotopic (exact) mass is 429 g/mol. The highest BCUT2D eigenvalue weighted by Gasteiger charge is 2.41. The summed E-state index contributed by atoms with van der Waals surface area (Å²) in [5, 5.41) is 12.0. The van der Waals surface area contributed by atoms with Crippen molar-refractivity contribution >= 4 is 34.3 Å². The Kier molecular flexibility index (Phi) is 4.63. The van der Waals surface area contributed by atoms with Crippen LogP contribution in [0.5, 0.6) is 5.75 Å². The van der Waals surface area contributed by atoms with Crippen molar-refractivity contribution in [1.82, 2.24) is 4.98 Å². The van der Waals surface area contributed by atoms with Crippen LogP contribution in [0.4, 0.5) is 11.6 Å². The van der Waals surface area contributed by atoms with Crippen molar-refractivity contribution < 1.29 is 23.7 Å². The van der Waals surface area contributed by atoms with Gasteiger partial charge in [-0.1, -0.05) is 48.5 Å². The molecular formula is C23H15N3O6. The van der Waals surface area contributed by atoms with Gasteiger partial charge in [-0.3, -0.25) is 14.5 Å². The number of amides is 1. The van der Waals surface area contributed by atoms with Crippen LogP contribution >= 0.6 is 0 Å². The molecule has 158 valence electrons. The third kappa shape index (κ3) is 3.35. The van der Waals surface area contributed by atoms with E-state index in [1.54, 1.807) is 54.6 Å². The number of rotatable bonds is 5. The highest BCUT2D eigenvalue weighted by molar-refractivity contribution is 6.08. The summed E-state index contributed by atoms with van der Waals surface area (Å²) in [6.45, 7) is -0.410. The summed E-state index contributed by atoms with van der Waals surface area (Å²) in [5.41, 5.74) is 1.13. The minimum atomic E-state index is -1.02. The summed E-state index contributed by atoms with van der Waals surface area (Å²) in [6, 6.07) is 20.1. The zero-order valence-corrected chi connectivity index (χ0v) is 16.5. The molecule has 9 nitrogen and oxygen atoms in total. The quantitative estimate of drug-likeness (QED) is 0.267. The van der Waals surface area contributed by atoms with Crippen molar-refractivity contribution in [3.05, 3.63) is 94.2 Å². The maximum atomic E-state index is 13.3. The van der Waals surface area contributed by atoms with Gasteiger partial charge in [-0.05, 0) is 28.1 Å². The first-order valence-corrected chi connectivity index (χ1v) is 9.71. The second-order valence-corrected chi connectivity index (χ2v) is 7.15. The van der Waals surface area contributed by atoms with Crippen molar-refractivity contribution in [2.45, 2.75) is 6.10 Å². The molecule has 4 aromatic rings. The Morgan fingerprint density at radius 1 is 1.06 bits per heavy atom. The Labute approximate surface area is 181 Å². The number of pyridine rings is 1. The maximum Gasteiger partial charge on any atom is 0.366 e. The molecule has 1 aliphatic rings. The number of ketones is 1. The van der Waals surface area contributed by atoms with Crippen LogP contribution in [0.1, 0.15) is 22.2 Å². The first kappa shape index (κ1) is 19.4. The molecule has 0 bridgehead atoms. The van der Waals surface area contributed by atoms with E-state index in [2.05, 4.69) is 4.98 Å². The number of hydrogen-bond acceptors (Lipinski definition) is 7. The molecule has 1 amide bonds. The number of carbonyl (C=O) groups excluding carboxylic acids is 2. The summed E-state index contributed by atoms with van der Waals surface area (Å²) in [4.78, 5) is 41.9. The molecule has 1 unspecified atom stereocenters. The fourth-order valence-corrected chi connectivity index (χ4v) is 3.57. The fraction of sp³-hybridized carbons (Fsp3) is 0.0870. The van der Waals surface area contributed by atoms with Crippen molar-refractivity contribution in [2.24, 2.45) is 0 Å². The summed E-state index contributed by atoms with van der Waals surface area (Å²) in [6.07, 6.45) is -1.02. The number of carbonyl (C=O) groups is 2. The number of furan rings is 1. The molecule has 1 atom stereocenters. The molecule has 0 saturated carbocycles. The van der Waals surface area contributed by atoms with Crippen molar-refractivity contribution in [2.75, 3.05) is 11.4 Å². The minimum absolute atomic E-state index is 0.0775. The average Bonchev–Trinajstić information content (AvgIpc) is 3.25.